The molecule has 28 heavy (non-hydrogen) atoms. The molecule has 0 bridgehead atoms. The molecule has 2 N–H and O–H groups in total. The number of benzene rings is 2. The number of hydrogen-bond acceptors (Lipinski definition) is 7. The van der Waals surface area contributed by atoms with Gasteiger partial charge in [0.15, 0.2) is 16.7 Å². The Balaban J connectivity index is 1.31. The van der Waals surface area contributed by atoms with Crippen LogP contribution in [0.15, 0.2) is 47.6 Å². The van der Waals surface area contributed by atoms with Crippen LogP contribution in [0.2, 0.25) is 0 Å². The molecule has 0 unspecified atom stereocenters. The van der Waals surface area contributed by atoms with Gasteiger partial charge in [-0.25, -0.2) is 4.98 Å². The van der Waals surface area contributed by atoms with Crippen LogP contribution < -0.4 is 19.5 Å². The van der Waals surface area contributed by atoms with Crippen molar-refractivity contribution in [3.8, 4) is 17.2 Å². The minimum Gasteiger partial charge on any atom is -0.497 e. The number of aromatic amines is 1. The third-order valence-electron chi connectivity index (χ3n) is 4.07. The van der Waals surface area contributed by atoms with E-state index in [1.807, 2.05) is 24.3 Å². The Morgan fingerprint density at radius 1 is 1.29 bits per heavy atom. The van der Waals surface area contributed by atoms with E-state index in [2.05, 4.69) is 15.3 Å². The summed E-state index contributed by atoms with van der Waals surface area (Å²) in [6, 6.07) is 12.5. The Kier molecular flexibility index (Phi) is 5.07. The topological polar surface area (TPSA) is 103 Å². The van der Waals surface area contributed by atoms with Gasteiger partial charge in [0.25, 0.3) is 5.91 Å². The lowest BCUT2D eigenvalue weighted by atomic mass is 10.2. The number of H-pyrrole nitrogens is 1. The quantitative estimate of drug-likeness (QED) is 0.634. The number of fused-ring (bicyclic) bond motifs is 2. The highest BCUT2D eigenvalue weighted by atomic mass is 32.2. The molecule has 2 amide bonds. The highest BCUT2D eigenvalue weighted by Gasteiger charge is 2.28. The third-order valence-corrected chi connectivity index (χ3v) is 4.94. The number of methoxy groups -OCH3 is 1. The lowest BCUT2D eigenvalue weighted by Gasteiger charge is -2.25. The van der Waals surface area contributed by atoms with Gasteiger partial charge >= 0.3 is 0 Å². The van der Waals surface area contributed by atoms with E-state index in [-0.39, 0.29) is 12.4 Å². The minimum absolute atomic E-state index is 0.0346. The molecule has 0 spiro atoms. The zero-order chi connectivity index (χ0) is 19.5. The van der Waals surface area contributed by atoms with Gasteiger partial charge in [-0.2, -0.15) is 0 Å². The molecule has 9 heteroatoms. The number of carbonyl (C=O) groups excluding carboxylic acids is 2. The standard InChI is InChI=1S/C19H17N3O5S/c1-25-11-6-7-12-13(8-11)21-19(20-12)28-10-17(23)22-18(24)16-9-26-14-4-2-3-5-15(14)27-16/h2-8,16H,9-10H2,1H3,(H,20,21)(H,22,23,24)/t16-/m0/s1. The van der Waals surface area contributed by atoms with Gasteiger partial charge in [0.05, 0.1) is 23.9 Å². The molecule has 144 valence electrons. The van der Waals surface area contributed by atoms with Crippen LogP contribution in [0.4, 0.5) is 0 Å². The molecule has 1 atom stereocenters. The first-order chi connectivity index (χ1) is 13.6. The number of hydrogen-bond donors (Lipinski definition) is 2. The molecule has 0 aliphatic carbocycles. The molecule has 0 radical (unpaired) electrons. The molecule has 0 fully saturated rings. The maximum Gasteiger partial charge on any atom is 0.271 e. The van der Waals surface area contributed by atoms with Gasteiger partial charge in [0, 0.05) is 6.07 Å². The van der Waals surface area contributed by atoms with Crippen LogP contribution >= 0.6 is 11.8 Å². The summed E-state index contributed by atoms with van der Waals surface area (Å²) in [5.41, 5.74) is 1.58. The van der Waals surface area contributed by atoms with E-state index < -0.39 is 17.9 Å². The summed E-state index contributed by atoms with van der Waals surface area (Å²) < 4.78 is 16.3. The number of nitrogens with one attached hydrogen (secondary N) is 2. The average molecular weight is 399 g/mol. The predicted molar refractivity (Wildman–Crippen MR) is 103 cm³/mol. The molecule has 2 aromatic carbocycles. The second-order valence-electron chi connectivity index (χ2n) is 5.99. The maximum atomic E-state index is 12.3. The van der Waals surface area contributed by atoms with Gasteiger partial charge in [-0.3, -0.25) is 14.9 Å². The normalized spacial score (nSPS) is 15.2. The van der Waals surface area contributed by atoms with Crippen molar-refractivity contribution in [3.05, 3.63) is 42.5 Å². The van der Waals surface area contributed by atoms with Crippen LogP contribution in [-0.2, 0) is 9.59 Å². The second-order valence-corrected chi connectivity index (χ2v) is 6.95. The molecule has 1 aliphatic heterocycles. The van der Waals surface area contributed by atoms with Crippen LogP contribution in [0.25, 0.3) is 11.0 Å². The molecule has 0 saturated heterocycles. The summed E-state index contributed by atoms with van der Waals surface area (Å²) in [7, 11) is 1.59. The lowest BCUT2D eigenvalue weighted by Crippen LogP contribution is -2.46. The third kappa shape index (κ3) is 3.89. The number of ether oxygens (including phenoxy) is 3. The molecular formula is C19H17N3O5S. The van der Waals surface area contributed by atoms with Crippen molar-refractivity contribution in [2.45, 2.75) is 11.3 Å². The molecule has 4 rings (SSSR count). The Bertz CT molecular complexity index is 1040. The summed E-state index contributed by atoms with van der Waals surface area (Å²) in [5, 5.41) is 2.92. The maximum absolute atomic E-state index is 12.3. The van der Waals surface area contributed by atoms with Crippen LogP contribution in [0, 0.1) is 0 Å². The molecular weight excluding hydrogens is 382 g/mol. The Labute approximate surface area is 164 Å². The average Bonchev–Trinajstić information content (AvgIpc) is 3.14. The van der Waals surface area contributed by atoms with Gasteiger partial charge in [-0.05, 0) is 24.3 Å². The number of carbonyl (C=O) groups is 2. The fourth-order valence-electron chi connectivity index (χ4n) is 2.70. The first-order valence-corrected chi connectivity index (χ1v) is 9.49. The monoisotopic (exact) mass is 399 g/mol. The minimum atomic E-state index is -0.873. The van der Waals surface area contributed by atoms with E-state index in [4.69, 9.17) is 14.2 Å². The number of nitrogens with zero attached hydrogens (tertiary/aromatic N) is 1. The van der Waals surface area contributed by atoms with E-state index in [0.717, 1.165) is 11.0 Å². The number of imidazole rings is 1. The number of thioether (sulfide) groups is 1. The Morgan fingerprint density at radius 3 is 2.93 bits per heavy atom. The number of para-hydroxylation sites is 2. The lowest BCUT2D eigenvalue weighted by molar-refractivity contribution is -0.135. The van der Waals surface area contributed by atoms with Crippen LogP contribution in [-0.4, -0.2) is 47.4 Å². The van der Waals surface area contributed by atoms with Crippen molar-refractivity contribution in [1.82, 2.24) is 15.3 Å². The first-order valence-electron chi connectivity index (χ1n) is 8.51. The fourth-order valence-corrected chi connectivity index (χ4v) is 3.38. The molecule has 1 aliphatic rings. The zero-order valence-electron chi connectivity index (χ0n) is 14.9. The highest BCUT2D eigenvalue weighted by molar-refractivity contribution is 7.99. The molecule has 1 aromatic heterocycles. The zero-order valence-corrected chi connectivity index (χ0v) is 15.7. The van der Waals surface area contributed by atoms with Crippen molar-refractivity contribution in [2.75, 3.05) is 19.5 Å². The van der Waals surface area contributed by atoms with Gasteiger partial charge in [-0.15, -0.1) is 0 Å². The molecule has 0 saturated carbocycles. The molecule has 8 nitrogen and oxygen atoms in total. The predicted octanol–water partition coefficient (Wildman–Crippen LogP) is 2.15. The number of imide groups is 1. The van der Waals surface area contributed by atoms with Gasteiger partial charge in [-0.1, -0.05) is 23.9 Å². The first kappa shape index (κ1) is 18.2. The van der Waals surface area contributed by atoms with Crippen LogP contribution in [0.1, 0.15) is 0 Å². The smallest absolute Gasteiger partial charge is 0.271 e. The number of amides is 2. The Morgan fingerprint density at radius 2 is 2.11 bits per heavy atom. The summed E-state index contributed by atoms with van der Waals surface area (Å²) in [6.07, 6.45) is -0.873. The number of rotatable bonds is 5. The van der Waals surface area contributed by atoms with Crippen molar-refractivity contribution in [3.63, 3.8) is 0 Å². The summed E-state index contributed by atoms with van der Waals surface area (Å²) in [6.45, 7) is 0.0503. The molecule has 3 aromatic rings. The van der Waals surface area contributed by atoms with E-state index in [9.17, 15) is 9.59 Å². The van der Waals surface area contributed by atoms with Gasteiger partial charge < -0.3 is 19.2 Å². The van der Waals surface area contributed by atoms with Gasteiger partial charge in [0.1, 0.15) is 12.4 Å². The summed E-state index contributed by atoms with van der Waals surface area (Å²) in [5.74, 6) is 0.841. The Hall–Kier alpha value is -3.20. The van der Waals surface area contributed by atoms with E-state index in [1.54, 1.807) is 25.3 Å². The van der Waals surface area contributed by atoms with E-state index >= 15 is 0 Å². The summed E-state index contributed by atoms with van der Waals surface area (Å²) in [4.78, 5) is 31.9. The van der Waals surface area contributed by atoms with Gasteiger partial charge in [0.2, 0.25) is 12.0 Å². The second kappa shape index (κ2) is 7.81. The van der Waals surface area contributed by atoms with Crippen molar-refractivity contribution in [2.24, 2.45) is 0 Å². The SMILES string of the molecule is COc1ccc2nc(SCC(=O)NC(=O)[C@@H]3COc4ccccc4O3)[nH]c2c1. The van der Waals surface area contributed by atoms with E-state index in [1.165, 1.54) is 11.8 Å². The largest absolute Gasteiger partial charge is 0.497 e. The fraction of sp³-hybridized carbons (Fsp3) is 0.211. The summed E-state index contributed by atoms with van der Waals surface area (Å²) >= 11 is 1.20. The highest BCUT2D eigenvalue weighted by Crippen LogP contribution is 2.30. The van der Waals surface area contributed by atoms with Crippen LogP contribution in [0.5, 0.6) is 17.2 Å². The molecule has 2 heterocycles. The van der Waals surface area contributed by atoms with Crippen LogP contribution in [0.3, 0.4) is 0 Å². The van der Waals surface area contributed by atoms with E-state index in [0.29, 0.717) is 22.4 Å². The number of aromatic nitrogens is 2. The van der Waals surface area contributed by atoms with Crippen molar-refractivity contribution >= 4 is 34.6 Å². The van der Waals surface area contributed by atoms with Crippen molar-refractivity contribution in [1.29, 1.82) is 0 Å². The van der Waals surface area contributed by atoms with Crippen molar-refractivity contribution < 1.29 is 23.8 Å².